The van der Waals surface area contributed by atoms with Gasteiger partial charge in [-0.05, 0) is 55.6 Å². The molecule has 0 aromatic carbocycles. The fourth-order valence-corrected chi connectivity index (χ4v) is 3.57. The second-order valence-electron chi connectivity index (χ2n) is 7.29. The summed E-state index contributed by atoms with van der Waals surface area (Å²) in [5, 5.41) is 12.3. The van der Waals surface area contributed by atoms with Gasteiger partial charge in [0.15, 0.2) is 0 Å². The Labute approximate surface area is 189 Å². The standard InChI is InChI=1S/C17H22BrClN2O4.Na/c1-16(2,3)25-15(24)21-6-4-17(5-7-21,14(22)23)9-13-12(18)8-11(19)10-20-13;/h8,10H,4-7,9H2,1-3H3,(H,22,23);/q;+1/p-1. The second kappa shape index (κ2) is 9.24. The molecule has 6 nitrogen and oxygen atoms in total. The van der Waals surface area contributed by atoms with Gasteiger partial charge in [0.05, 0.1) is 10.7 Å². The number of amides is 1. The largest absolute Gasteiger partial charge is 1.00 e. The molecule has 1 aliphatic rings. The van der Waals surface area contributed by atoms with Crippen molar-refractivity contribution in [2.45, 2.75) is 45.6 Å². The number of rotatable bonds is 3. The van der Waals surface area contributed by atoms with Gasteiger partial charge in [0, 0.05) is 41.6 Å². The zero-order valence-corrected chi connectivity index (χ0v) is 19.8. The molecule has 1 amide bonds. The topological polar surface area (TPSA) is 82.6 Å². The Morgan fingerprint density at radius 1 is 1.38 bits per heavy atom. The number of hydrogen-bond acceptors (Lipinski definition) is 5. The average Bonchev–Trinajstić information content (AvgIpc) is 2.49. The van der Waals surface area contributed by atoms with Gasteiger partial charge in [0.1, 0.15) is 5.60 Å². The summed E-state index contributed by atoms with van der Waals surface area (Å²) in [5.41, 5.74) is -1.04. The van der Waals surface area contributed by atoms with Gasteiger partial charge in [0.2, 0.25) is 0 Å². The molecule has 2 heterocycles. The molecule has 0 radical (unpaired) electrons. The van der Waals surface area contributed by atoms with Crippen LogP contribution < -0.4 is 34.7 Å². The van der Waals surface area contributed by atoms with E-state index in [1.54, 1.807) is 26.8 Å². The number of nitrogens with zero attached hydrogens (tertiary/aromatic N) is 2. The van der Waals surface area contributed by atoms with Crippen molar-refractivity contribution in [2.75, 3.05) is 13.1 Å². The Morgan fingerprint density at radius 3 is 2.42 bits per heavy atom. The van der Waals surface area contributed by atoms with Crippen LogP contribution in [-0.4, -0.2) is 40.6 Å². The molecule has 0 N–H and O–H groups in total. The van der Waals surface area contributed by atoms with Crippen LogP contribution in [-0.2, 0) is 16.0 Å². The number of carbonyl (C=O) groups is 2. The normalized spacial score (nSPS) is 16.6. The summed E-state index contributed by atoms with van der Waals surface area (Å²) in [5.74, 6) is -1.13. The molecule has 0 unspecified atom stereocenters. The molecular weight excluding hydrogens is 435 g/mol. The molecule has 1 aromatic rings. The van der Waals surface area contributed by atoms with Crippen LogP contribution in [0.5, 0.6) is 0 Å². The number of aliphatic carboxylic acids is 1. The van der Waals surface area contributed by atoms with Crippen LogP contribution in [0.4, 0.5) is 4.79 Å². The molecular formula is C17H21BrClN2NaO4. The summed E-state index contributed by atoms with van der Waals surface area (Å²) in [6.07, 6.45) is 1.84. The van der Waals surface area contributed by atoms with Gasteiger partial charge < -0.3 is 19.5 Å². The minimum Gasteiger partial charge on any atom is -0.550 e. The zero-order valence-electron chi connectivity index (χ0n) is 15.5. The Hall–Kier alpha value is -0.340. The summed E-state index contributed by atoms with van der Waals surface area (Å²) in [7, 11) is 0. The fourth-order valence-electron chi connectivity index (χ4n) is 2.79. The van der Waals surface area contributed by atoms with Gasteiger partial charge in [-0.1, -0.05) is 11.6 Å². The molecule has 138 valence electrons. The molecule has 26 heavy (non-hydrogen) atoms. The Balaban J connectivity index is 0.00000338. The number of halogens is 2. The third kappa shape index (κ3) is 6.09. The minimum absolute atomic E-state index is 0. The molecule has 9 heteroatoms. The number of likely N-dealkylation sites (tertiary alicyclic amines) is 1. The van der Waals surface area contributed by atoms with Crippen molar-refractivity contribution in [1.29, 1.82) is 0 Å². The smallest absolute Gasteiger partial charge is 0.550 e. The van der Waals surface area contributed by atoms with Gasteiger partial charge >= 0.3 is 35.7 Å². The summed E-state index contributed by atoms with van der Waals surface area (Å²) in [6, 6.07) is 1.68. The Kier molecular flexibility index (Phi) is 8.42. The first-order valence-corrected chi connectivity index (χ1v) is 9.19. The maximum absolute atomic E-state index is 12.2. The maximum Gasteiger partial charge on any atom is 1.00 e. The van der Waals surface area contributed by atoms with Crippen LogP contribution in [0.1, 0.15) is 39.3 Å². The predicted molar refractivity (Wildman–Crippen MR) is 95.1 cm³/mol. The molecule has 0 spiro atoms. The molecule has 0 atom stereocenters. The van der Waals surface area contributed by atoms with Crippen LogP contribution >= 0.6 is 27.5 Å². The summed E-state index contributed by atoms with van der Waals surface area (Å²) in [4.78, 5) is 29.8. The van der Waals surface area contributed by atoms with Gasteiger partial charge in [-0.25, -0.2) is 4.79 Å². The van der Waals surface area contributed by atoms with Crippen molar-refractivity contribution in [2.24, 2.45) is 5.41 Å². The number of carboxylic acids is 1. The second-order valence-corrected chi connectivity index (χ2v) is 8.58. The van der Waals surface area contributed by atoms with Gasteiger partial charge in [-0.3, -0.25) is 4.98 Å². The third-order valence-electron chi connectivity index (χ3n) is 4.20. The molecule has 1 aromatic heterocycles. The van der Waals surface area contributed by atoms with Crippen LogP contribution in [0.2, 0.25) is 5.02 Å². The molecule has 1 aliphatic heterocycles. The number of carboxylic acid groups (broad SMARTS) is 1. The van der Waals surface area contributed by atoms with E-state index in [9.17, 15) is 14.7 Å². The van der Waals surface area contributed by atoms with Crippen LogP contribution in [0.3, 0.4) is 0 Å². The monoisotopic (exact) mass is 454 g/mol. The Bertz CT molecular complexity index is 673. The zero-order chi connectivity index (χ0) is 18.8. The number of piperidine rings is 1. The average molecular weight is 456 g/mol. The van der Waals surface area contributed by atoms with Gasteiger partial charge in [0.25, 0.3) is 0 Å². The molecule has 0 aliphatic carbocycles. The summed E-state index contributed by atoms with van der Waals surface area (Å²) >= 11 is 9.25. The van der Waals surface area contributed by atoms with E-state index in [0.717, 1.165) is 0 Å². The first-order chi connectivity index (χ1) is 11.5. The van der Waals surface area contributed by atoms with Crippen LogP contribution in [0, 0.1) is 5.41 Å². The molecule has 1 fully saturated rings. The van der Waals surface area contributed by atoms with E-state index in [-0.39, 0.29) is 48.8 Å². The third-order valence-corrected chi connectivity index (χ3v) is 5.09. The van der Waals surface area contributed by atoms with E-state index >= 15 is 0 Å². The van der Waals surface area contributed by atoms with Gasteiger partial charge in [-0.2, -0.15) is 0 Å². The number of carbonyl (C=O) groups excluding carboxylic acids is 2. The van der Waals surface area contributed by atoms with E-state index in [0.29, 0.717) is 28.3 Å². The van der Waals surface area contributed by atoms with Crippen molar-refractivity contribution in [1.82, 2.24) is 9.88 Å². The number of pyridine rings is 1. The molecule has 0 saturated carbocycles. The van der Waals surface area contributed by atoms with Crippen LogP contribution in [0.25, 0.3) is 0 Å². The van der Waals surface area contributed by atoms with Crippen molar-refractivity contribution < 1.29 is 49.0 Å². The SMILES string of the molecule is CC(C)(C)OC(=O)N1CCC(Cc2ncc(Cl)cc2Br)(C(=O)[O-])CC1.[Na+]. The van der Waals surface area contributed by atoms with Gasteiger partial charge in [-0.15, -0.1) is 0 Å². The van der Waals surface area contributed by atoms with Crippen molar-refractivity contribution in [3.8, 4) is 0 Å². The van der Waals surface area contributed by atoms with E-state index in [4.69, 9.17) is 16.3 Å². The molecule has 2 rings (SSSR count). The van der Waals surface area contributed by atoms with Crippen molar-refractivity contribution in [3.05, 3.63) is 27.5 Å². The van der Waals surface area contributed by atoms with Crippen molar-refractivity contribution >= 4 is 39.6 Å². The Morgan fingerprint density at radius 2 is 1.96 bits per heavy atom. The number of hydrogen-bond donors (Lipinski definition) is 0. The first kappa shape index (κ1) is 23.7. The fraction of sp³-hybridized carbons (Fsp3) is 0.588. The van der Waals surface area contributed by atoms with E-state index in [2.05, 4.69) is 20.9 Å². The molecule has 1 saturated heterocycles. The first-order valence-electron chi connectivity index (χ1n) is 8.02. The number of ether oxygens (including phenoxy) is 1. The summed E-state index contributed by atoms with van der Waals surface area (Å²) in [6.45, 7) is 5.99. The number of aromatic nitrogens is 1. The van der Waals surface area contributed by atoms with Crippen molar-refractivity contribution in [3.63, 3.8) is 0 Å². The summed E-state index contributed by atoms with van der Waals surface area (Å²) < 4.78 is 6.01. The minimum atomic E-state index is -1.13. The quantitative estimate of drug-likeness (QED) is 0.590. The predicted octanol–water partition coefficient (Wildman–Crippen LogP) is -0.189. The molecule has 0 bridgehead atoms. The van der Waals surface area contributed by atoms with E-state index < -0.39 is 23.1 Å². The van der Waals surface area contributed by atoms with E-state index in [1.165, 1.54) is 11.1 Å². The maximum atomic E-state index is 12.2. The van der Waals surface area contributed by atoms with E-state index in [1.807, 2.05) is 0 Å². The van der Waals surface area contributed by atoms with Crippen LogP contribution in [0.15, 0.2) is 16.7 Å².